The Morgan fingerprint density at radius 2 is 2.10 bits per heavy atom. The molecule has 0 spiro atoms. The molecule has 1 aliphatic heterocycles. The third kappa shape index (κ3) is 3.40. The molecule has 2 N–H and O–H groups in total. The molecule has 1 aromatic carbocycles. The smallest absolute Gasteiger partial charge is 0.240 e. The molecule has 112 valence electrons. The van der Waals surface area contributed by atoms with Gasteiger partial charge in [0.1, 0.15) is 0 Å². The third-order valence-electron chi connectivity index (χ3n) is 4.08. The van der Waals surface area contributed by atoms with E-state index in [-0.39, 0.29) is 5.41 Å². The number of hydrogen-bond donors (Lipinski definition) is 2. The lowest BCUT2D eigenvalue weighted by atomic mass is 9.91. The van der Waals surface area contributed by atoms with E-state index in [1.807, 2.05) is 12.1 Å². The van der Waals surface area contributed by atoms with Crippen LogP contribution in [0.2, 0.25) is 0 Å². The second-order valence-electron chi connectivity index (χ2n) is 6.16. The van der Waals surface area contributed by atoms with Crippen molar-refractivity contribution in [2.24, 2.45) is 5.41 Å². The van der Waals surface area contributed by atoms with Crippen LogP contribution in [0.4, 0.5) is 0 Å². The summed E-state index contributed by atoms with van der Waals surface area (Å²) in [4.78, 5) is 0.448. The van der Waals surface area contributed by atoms with Gasteiger partial charge in [0.15, 0.2) is 0 Å². The van der Waals surface area contributed by atoms with E-state index < -0.39 is 10.0 Å². The standard InChI is InChI=1S/C15H24N2O2S/c1-4-15(2,3)11-17-20(18,19)14-7-5-6-12-10-16-9-8-13(12)14/h5-7,16-17H,4,8-11H2,1-3H3. The molecule has 4 nitrogen and oxygen atoms in total. The van der Waals surface area contributed by atoms with E-state index in [4.69, 9.17) is 0 Å². The van der Waals surface area contributed by atoms with Crippen molar-refractivity contribution in [3.8, 4) is 0 Å². The fourth-order valence-corrected chi connectivity index (χ4v) is 3.79. The van der Waals surface area contributed by atoms with Crippen LogP contribution in [0.3, 0.4) is 0 Å². The van der Waals surface area contributed by atoms with Gasteiger partial charge < -0.3 is 5.32 Å². The van der Waals surface area contributed by atoms with Crippen molar-refractivity contribution >= 4 is 10.0 Å². The van der Waals surface area contributed by atoms with E-state index in [0.29, 0.717) is 11.4 Å². The average molecular weight is 296 g/mol. The van der Waals surface area contributed by atoms with Crippen LogP contribution in [0, 0.1) is 5.41 Å². The monoisotopic (exact) mass is 296 g/mol. The second kappa shape index (κ2) is 5.84. The zero-order chi connectivity index (χ0) is 14.8. The van der Waals surface area contributed by atoms with Crippen molar-refractivity contribution < 1.29 is 8.42 Å². The van der Waals surface area contributed by atoms with Crippen molar-refractivity contribution in [2.75, 3.05) is 13.1 Å². The van der Waals surface area contributed by atoms with Gasteiger partial charge in [0, 0.05) is 13.1 Å². The Bertz CT molecular complexity index is 580. The molecule has 1 aromatic rings. The zero-order valence-electron chi connectivity index (χ0n) is 12.5. The van der Waals surface area contributed by atoms with Gasteiger partial charge in [-0.3, -0.25) is 0 Å². The van der Waals surface area contributed by atoms with E-state index in [2.05, 4.69) is 30.8 Å². The topological polar surface area (TPSA) is 58.2 Å². The summed E-state index contributed by atoms with van der Waals surface area (Å²) >= 11 is 0. The highest BCUT2D eigenvalue weighted by molar-refractivity contribution is 7.89. The Morgan fingerprint density at radius 3 is 2.80 bits per heavy atom. The lowest BCUT2D eigenvalue weighted by molar-refractivity contribution is 0.350. The van der Waals surface area contributed by atoms with E-state index >= 15 is 0 Å². The van der Waals surface area contributed by atoms with Crippen LogP contribution in [0.15, 0.2) is 23.1 Å². The molecular weight excluding hydrogens is 272 g/mol. The minimum atomic E-state index is -3.42. The first-order chi connectivity index (χ1) is 9.36. The third-order valence-corrected chi connectivity index (χ3v) is 5.57. The lowest BCUT2D eigenvalue weighted by Gasteiger charge is -2.24. The maximum Gasteiger partial charge on any atom is 0.240 e. The normalized spacial score (nSPS) is 15.9. The molecule has 1 heterocycles. The maximum atomic E-state index is 12.5. The Hall–Kier alpha value is -0.910. The highest BCUT2D eigenvalue weighted by Crippen LogP contribution is 2.24. The molecule has 0 bridgehead atoms. The van der Waals surface area contributed by atoms with Gasteiger partial charge in [-0.15, -0.1) is 0 Å². The van der Waals surface area contributed by atoms with Gasteiger partial charge in [-0.25, -0.2) is 13.1 Å². The summed E-state index contributed by atoms with van der Waals surface area (Å²) in [5.74, 6) is 0. The minimum Gasteiger partial charge on any atom is -0.312 e. The van der Waals surface area contributed by atoms with Crippen LogP contribution in [0.1, 0.15) is 38.3 Å². The summed E-state index contributed by atoms with van der Waals surface area (Å²) in [6.45, 7) is 8.26. The number of rotatable bonds is 5. The zero-order valence-corrected chi connectivity index (χ0v) is 13.3. The van der Waals surface area contributed by atoms with Crippen LogP contribution in [-0.2, 0) is 23.0 Å². The second-order valence-corrected chi connectivity index (χ2v) is 7.90. The van der Waals surface area contributed by atoms with Crippen molar-refractivity contribution in [2.45, 2.75) is 45.1 Å². The van der Waals surface area contributed by atoms with Crippen molar-refractivity contribution in [1.82, 2.24) is 10.0 Å². The first-order valence-corrected chi connectivity index (χ1v) is 8.65. The number of hydrogen-bond acceptors (Lipinski definition) is 3. The largest absolute Gasteiger partial charge is 0.312 e. The molecule has 0 amide bonds. The molecule has 0 atom stereocenters. The quantitative estimate of drug-likeness (QED) is 0.874. The molecule has 0 saturated heterocycles. The first kappa shape index (κ1) is 15.5. The SMILES string of the molecule is CCC(C)(C)CNS(=O)(=O)c1cccc2c1CCNC2. The minimum absolute atomic E-state index is 0.0243. The molecule has 20 heavy (non-hydrogen) atoms. The van der Waals surface area contributed by atoms with Gasteiger partial charge in [-0.2, -0.15) is 0 Å². The fourth-order valence-electron chi connectivity index (χ4n) is 2.24. The van der Waals surface area contributed by atoms with Gasteiger partial charge in [0.05, 0.1) is 4.90 Å². The van der Waals surface area contributed by atoms with Crippen molar-refractivity contribution in [1.29, 1.82) is 0 Å². The van der Waals surface area contributed by atoms with Gasteiger partial charge >= 0.3 is 0 Å². The Kier molecular flexibility index (Phi) is 4.52. The molecule has 2 rings (SSSR count). The number of sulfonamides is 1. The fraction of sp³-hybridized carbons (Fsp3) is 0.600. The predicted molar refractivity (Wildman–Crippen MR) is 81.1 cm³/mol. The molecule has 1 aliphatic rings. The van der Waals surface area contributed by atoms with E-state index in [1.165, 1.54) is 0 Å². The summed E-state index contributed by atoms with van der Waals surface area (Å²) in [5, 5.41) is 3.27. The maximum absolute atomic E-state index is 12.5. The molecule has 0 fully saturated rings. The Balaban J connectivity index is 2.26. The summed E-state index contributed by atoms with van der Waals surface area (Å²) < 4.78 is 27.8. The molecule has 5 heteroatoms. The number of nitrogens with one attached hydrogen (secondary N) is 2. The summed E-state index contributed by atoms with van der Waals surface area (Å²) in [5.41, 5.74) is 2.03. The van der Waals surface area contributed by atoms with Gasteiger partial charge in [-0.05, 0) is 42.0 Å². The predicted octanol–water partition coefficient (Wildman–Crippen LogP) is 2.05. The van der Waals surface area contributed by atoms with Gasteiger partial charge in [0.2, 0.25) is 10.0 Å². The number of benzene rings is 1. The van der Waals surface area contributed by atoms with Gasteiger partial charge in [0.25, 0.3) is 0 Å². The van der Waals surface area contributed by atoms with Crippen LogP contribution >= 0.6 is 0 Å². The highest BCUT2D eigenvalue weighted by atomic mass is 32.2. The Labute approximate surface area is 122 Å². The average Bonchev–Trinajstić information content (AvgIpc) is 2.45. The van der Waals surface area contributed by atoms with E-state index in [1.54, 1.807) is 6.07 Å². The van der Waals surface area contributed by atoms with Crippen LogP contribution in [-0.4, -0.2) is 21.5 Å². The molecule has 0 aliphatic carbocycles. The summed E-state index contributed by atoms with van der Waals surface area (Å²) in [7, 11) is -3.42. The van der Waals surface area contributed by atoms with Crippen molar-refractivity contribution in [3.63, 3.8) is 0 Å². The van der Waals surface area contributed by atoms with Crippen LogP contribution in [0.25, 0.3) is 0 Å². The first-order valence-electron chi connectivity index (χ1n) is 7.17. The number of fused-ring (bicyclic) bond motifs is 1. The van der Waals surface area contributed by atoms with Gasteiger partial charge in [-0.1, -0.05) is 32.9 Å². The molecule has 0 saturated carbocycles. The van der Waals surface area contributed by atoms with Crippen LogP contribution < -0.4 is 10.0 Å². The molecule has 0 unspecified atom stereocenters. The molecular formula is C15H24N2O2S. The van der Waals surface area contributed by atoms with Crippen LogP contribution in [0.5, 0.6) is 0 Å². The van der Waals surface area contributed by atoms with E-state index in [9.17, 15) is 8.42 Å². The highest BCUT2D eigenvalue weighted by Gasteiger charge is 2.24. The van der Waals surface area contributed by atoms with Crippen molar-refractivity contribution in [3.05, 3.63) is 29.3 Å². The summed E-state index contributed by atoms with van der Waals surface area (Å²) in [6.07, 6.45) is 1.70. The Morgan fingerprint density at radius 1 is 1.35 bits per heavy atom. The lowest BCUT2D eigenvalue weighted by Crippen LogP contribution is -2.35. The van der Waals surface area contributed by atoms with E-state index in [0.717, 1.165) is 37.1 Å². The molecule has 0 aromatic heterocycles. The summed E-state index contributed by atoms with van der Waals surface area (Å²) in [6, 6.07) is 5.54. The molecule has 0 radical (unpaired) electrons.